The molecule has 0 saturated carbocycles. The molecule has 0 atom stereocenters. The van der Waals surface area contributed by atoms with Crippen molar-refractivity contribution in [1.29, 1.82) is 0 Å². The molecule has 3 nitrogen and oxygen atoms in total. The highest BCUT2D eigenvalue weighted by Gasteiger charge is 2.00. The Bertz CT molecular complexity index is 399. The number of allylic oxidation sites excluding steroid dienone is 1. The molecule has 0 aliphatic carbocycles. The Morgan fingerprint density at radius 2 is 2.31 bits per heavy atom. The van der Waals surface area contributed by atoms with Crippen molar-refractivity contribution in [2.75, 3.05) is 7.11 Å². The van der Waals surface area contributed by atoms with Gasteiger partial charge < -0.3 is 9.84 Å². The van der Waals surface area contributed by atoms with Gasteiger partial charge in [-0.2, -0.15) is 0 Å². The van der Waals surface area contributed by atoms with Gasteiger partial charge in [-0.1, -0.05) is 28.1 Å². The monoisotopic (exact) mass is 284 g/mol. The number of aliphatic carboxylic acids is 1. The molecule has 0 spiro atoms. The van der Waals surface area contributed by atoms with Crippen molar-refractivity contribution in [1.82, 2.24) is 0 Å². The molecule has 0 aliphatic heterocycles. The summed E-state index contributed by atoms with van der Waals surface area (Å²) in [6.45, 7) is 0. The molecule has 1 N–H and O–H groups in total. The van der Waals surface area contributed by atoms with Gasteiger partial charge in [0, 0.05) is 16.5 Å². The number of ether oxygens (including phenoxy) is 1. The van der Waals surface area contributed by atoms with Crippen molar-refractivity contribution in [2.24, 2.45) is 0 Å². The number of carboxylic acid groups (broad SMARTS) is 1. The Kier molecular flexibility index (Phi) is 5.05. The molecule has 0 amide bonds. The van der Waals surface area contributed by atoms with Crippen LogP contribution in [0.15, 0.2) is 28.7 Å². The minimum atomic E-state index is -0.786. The zero-order chi connectivity index (χ0) is 12.0. The van der Waals surface area contributed by atoms with E-state index in [1.54, 1.807) is 7.11 Å². The van der Waals surface area contributed by atoms with Gasteiger partial charge in [0.05, 0.1) is 7.11 Å². The summed E-state index contributed by atoms with van der Waals surface area (Å²) < 4.78 is 6.15. The fraction of sp³-hybridized carbons (Fsp3) is 0.250. The van der Waals surface area contributed by atoms with Crippen LogP contribution in [0, 0.1) is 0 Å². The van der Waals surface area contributed by atoms with E-state index in [9.17, 15) is 4.79 Å². The van der Waals surface area contributed by atoms with Crippen LogP contribution in [0.5, 0.6) is 5.75 Å². The highest BCUT2D eigenvalue weighted by Crippen LogP contribution is 2.24. The first kappa shape index (κ1) is 12.8. The van der Waals surface area contributed by atoms with Crippen molar-refractivity contribution in [2.45, 2.75) is 12.8 Å². The molecular weight excluding hydrogens is 272 g/mol. The van der Waals surface area contributed by atoms with E-state index in [0.717, 1.165) is 15.8 Å². The third kappa shape index (κ3) is 4.06. The molecule has 16 heavy (non-hydrogen) atoms. The number of hydrogen-bond donors (Lipinski definition) is 1. The first-order valence-electron chi connectivity index (χ1n) is 4.85. The smallest absolute Gasteiger partial charge is 0.303 e. The van der Waals surface area contributed by atoms with Crippen LogP contribution in [0.2, 0.25) is 0 Å². The van der Waals surface area contributed by atoms with Crippen molar-refractivity contribution in [3.63, 3.8) is 0 Å². The van der Waals surface area contributed by atoms with E-state index in [1.807, 2.05) is 30.4 Å². The van der Waals surface area contributed by atoms with E-state index < -0.39 is 5.97 Å². The maximum atomic E-state index is 10.3. The lowest BCUT2D eigenvalue weighted by molar-refractivity contribution is -0.136. The Hall–Kier alpha value is -1.29. The summed E-state index contributed by atoms with van der Waals surface area (Å²) >= 11 is 3.37. The molecular formula is C12H13BrO3. The molecule has 1 aromatic rings. The third-order valence-electron chi connectivity index (χ3n) is 2.01. The standard InChI is InChI=1S/C12H13BrO3/c1-16-11-7-6-10(13)8-9(11)4-2-3-5-12(14)15/h2,4,6-8H,3,5H2,1H3,(H,14,15)/b4-2+. The average molecular weight is 285 g/mol. The van der Waals surface area contributed by atoms with Gasteiger partial charge in [-0.05, 0) is 24.6 Å². The lowest BCUT2D eigenvalue weighted by Crippen LogP contribution is -1.91. The predicted molar refractivity (Wildman–Crippen MR) is 66.6 cm³/mol. The number of methoxy groups -OCH3 is 1. The van der Waals surface area contributed by atoms with Crippen LogP contribution in [0.25, 0.3) is 6.08 Å². The van der Waals surface area contributed by atoms with E-state index >= 15 is 0 Å². The number of halogens is 1. The predicted octanol–water partition coefficient (Wildman–Crippen LogP) is 3.34. The molecule has 0 bridgehead atoms. The molecule has 0 aliphatic rings. The summed E-state index contributed by atoms with van der Waals surface area (Å²) in [6, 6.07) is 5.68. The summed E-state index contributed by atoms with van der Waals surface area (Å²) in [4.78, 5) is 10.3. The number of hydrogen-bond acceptors (Lipinski definition) is 2. The molecule has 1 aromatic carbocycles. The van der Waals surface area contributed by atoms with Crippen LogP contribution < -0.4 is 4.74 Å². The topological polar surface area (TPSA) is 46.5 Å². The Morgan fingerprint density at radius 3 is 2.94 bits per heavy atom. The maximum absolute atomic E-state index is 10.3. The molecule has 1 rings (SSSR count). The number of rotatable bonds is 5. The van der Waals surface area contributed by atoms with Crippen LogP contribution >= 0.6 is 15.9 Å². The molecule has 0 radical (unpaired) electrons. The Balaban J connectivity index is 2.71. The minimum absolute atomic E-state index is 0.146. The zero-order valence-electron chi connectivity index (χ0n) is 8.94. The first-order chi connectivity index (χ1) is 7.63. The quantitative estimate of drug-likeness (QED) is 0.902. The van der Waals surface area contributed by atoms with Gasteiger partial charge in [-0.25, -0.2) is 0 Å². The summed E-state index contributed by atoms with van der Waals surface area (Å²) in [5.74, 6) is -0.0133. The summed E-state index contributed by atoms with van der Waals surface area (Å²) in [5.41, 5.74) is 0.933. The van der Waals surface area contributed by atoms with Crippen LogP contribution in [-0.4, -0.2) is 18.2 Å². The van der Waals surface area contributed by atoms with Crippen LogP contribution in [0.4, 0.5) is 0 Å². The van der Waals surface area contributed by atoms with Gasteiger partial charge in [0.2, 0.25) is 0 Å². The van der Waals surface area contributed by atoms with Crippen molar-refractivity contribution in [3.8, 4) is 5.75 Å². The zero-order valence-corrected chi connectivity index (χ0v) is 10.5. The molecule has 0 fully saturated rings. The Labute approximate surface area is 103 Å². The van der Waals surface area contributed by atoms with E-state index in [2.05, 4.69) is 15.9 Å². The van der Waals surface area contributed by atoms with Gasteiger partial charge in [-0.15, -0.1) is 0 Å². The highest BCUT2D eigenvalue weighted by atomic mass is 79.9. The number of carbonyl (C=O) groups is 1. The molecule has 0 unspecified atom stereocenters. The van der Waals surface area contributed by atoms with E-state index in [1.165, 1.54) is 0 Å². The van der Waals surface area contributed by atoms with E-state index in [-0.39, 0.29) is 6.42 Å². The average Bonchev–Trinajstić information content (AvgIpc) is 2.24. The van der Waals surface area contributed by atoms with Crippen LogP contribution in [0.3, 0.4) is 0 Å². The van der Waals surface area contributed by atoms with Crippen molar-refractivity contribution in [3.05, 3.63) is 34.3 Å². The van der Waals surface area contributed by atoms with Gasteiger partial charge in [0.1, 0.15) is 5.75 Å². The number of benzene rings is 1. The maximum Gasteiger partial charge on any atom is 0.303 e. The van der Waals surface area contributed by atoms with Crippen LogP contribution in [-0.2, 0) is 4.79 Å². The van der Waals surface area contributed by atoms with Crippen molar-refractivity contribution >= 4 is 28.0 Å². The normalized spacial score (nSPS) is 10.6. The summed E-state index contributed by atoms with van der Waals surface area (Å²) in [5, 5.41) is 8.49. The fourth-order valence-corrected chi connectivity index (χ4v) is 1.63. The Morgan fingerprint density at radius 1 is 1.56 bits per heavy atom. The van der Waals surface area contributed by atoms with Crippen molar-refractivity contribution < 1.29 is 14.6 Å². The molecule has 0 heterocycles. The van der Waals surface area contributed by atoms with Crippen LogP contribution in [0.1, 0.15) is 18.4 Å². The highest BCUT2D eigenvalue weighted by molar-refractivity contribution is 9.10. The van der Waals surface area contributed by atoms with Gasteiger partial charge in [0.15, 0.2) is 0 Å². The summed E-state index contributed by atoms with van der Waals surface area (Å²) in [6.07, 6.45) is 4.36. The molecule has 0 saturated heterocycles. The third-order valence-corrected chi connectivity index (χ3v) is 2.51. The van der Waals surface area contributed by atoms with Gasteiger partial charge in [-0.3, -0.25) is 4.79 Å². The fourth-order valence-electron chi connectivity index (χ4n) is 1.25. The minimum Gasteiger partial charge on any atom is -0.496 e. The first-order valence-corrected chi connectivity index (χ1v) is 5.64. The van der Waals surface area contributed by atoms with E-state index in [0.29, 0.717) is 6.42 Å². The second-order valence-electron chi connectivity index (χ2n) is 3.22. The SMILES string of the molecule is COc1ccc(Br)cc1/C=C/CCC(=O)O. The van der Waals surface area contributed by atoms with E-state index in [4.69, 9.17) is 9.84 Å². The van der Waals surface area contributed by atoms with Gasteiger partial charge in [0.25, 0.3) is 0 Å². The second kappa shape index (κ2) is 6.33. The van der Waals surface area contributed by atoms with Gasteiger partial charge >= 0.3 is 5.97 Å². The lowest BCUT2D eigenvalue weighted by atomic mass is 10.1. The molecule has 86 valence electrons. The number of carboxylic acids is 1. The molecule has 0 aromatic heterocycles. The molecule has 4 heteroatoms. The summed E-state index contributed by atoms with van der Waals surface area (Å²) in [7, 11) is 1.61. The second-order valence-corrected chi connectivity index (χ2v) is 4.14. The largest absolute Gasteiger partial charge is 0.496 e. The lowest BCUT2D eigenvalue weighted by Gasteiger charge is -2.04.